The van der Waals surface area contributed by atoms with Gasteiger partial charge in [-0.05, 0) is 62.6 Å². The molecule has 1 aliphatic heterocycles. The molecule has 34 heavy (non-hydrogen) atoms. The van der Waals surface area contributed by atoms with Crippen LogP contribution in [0.25, 0.3) is 22.3 Å². The number of benzene rings is 1. The van der Waals surface area contributed by atoms with E-state index >= 15 is 0 Å². The van der Waals surface area contributed by atoms with Gasteiger partial charge in [0.05, 0.1) is 6.10 Å². The molecule has 1 saturated heterocycles. The first kappa shape index (κ1) is 22.6. The molecule has 0 spiro atoms. The molecule has 7 nitrogen and oxygen atoms in total. The Bertz CT molecular complexity index is 1470. The predicted octanol–water partition coefficient (Wildman–Crippen LogP) is 4.83. The van der Waals surface area contributed by atoms with Crippen molar-refractivity contribution in [2.75, 3.05) is 6.61 Å². The van der Waals surface area contributed by atoms with E-state index in [2.05, 4.69) is 15.0 Å². The summed E-state index contributed by atoms with van der Waals surface area (Å²) in [5.74, 6) is 0.370. The molecule has 4 aromatic rings. The third kappa shape index (κ3) is 4.08. The second-order valence-electron chi connectivity index (χ2n) is 8.59. The van der Waals surface area contributed by atoms with Gasteiger partial charge in [0, 0.05) is 42.0 Å². The molecule has 0 amide bonds. The minimum atomic E-state index is -0.532. The minimum absolute atomic E-state index is 0.0725. The minimum Gasteiger partial charge on any atom is -0.373 e. The van der Waals surface area contributed by atoms with Crippen molar-refractivity contribution in [1.29, 1.82) is 0 Å². The summed E-state index contributed by atoms with van der Waals surface area (Å²) in [7, 11) is 1.64. The summed E-state index contributed by atoms with van der Waals surface area (Å²) >= 11 is 5.97. The molecule has 0 saturated carbocycles. The molecule has 2 atom stereocenters. The van der Waals surface area contributed by atoms with Crippen LogP contribution < -0.4 is 5.56 Å². The van der Waals surface area contributed by atoms with Crippen LogP contribution in [0.3, 0.4) is 0 Å². The average molecular weight is 480 g/mol. The predicted molar refractivity (Wildman–Crippen MR) is 127 cm³/mol. The number of ether oxygens (including phenoxy) is 1. The van der Waals surface area contributed by atoms with Crippen LogP contribution >= 0.6 is 11.6 Å². The van der Waals surface area contributed by atoms with Gasteiger partial charge in [-0.3, -0.25) is 14.3 Å². The number of hydrogen-bond acceptors (Lipinski definition) is 6. The summed E-state index contributed by atoms with van der Waals surface area (Å²) in [4.78, 5) is 31.3. The maximum Gasteiger partial charge on any atom is 0.279 e. The number of aryl methyl sites for hydroxylation is 2. The van der Waals surface area contributed by atoms with E-state index in [0.29, 0.717) is 31.1 Å². The van der Waals surface area contributed by atoms with Gasteiger partial charge in [-0.2, -0.15) is 0 Å². The van der Waals surface area contributed by atoms with Crippen LogP contribution in [0.1, 0.15) is 47.8 Å². The largest absolute Gasteiger partial charge is 0.373 e. The molecular weight excluding hydrogens is 457 g/mol. The normalized spacial score (nSPS) is 18.4. The van der Waals surface area contributed by atoms with Gasteiger partial charge in [0.2, 0.25) is 0 Å². The van der Waals surface area contributed by atoms with Gasteiger partial charge in [-0.1, -0.05) is 11.6 Å². The summed E-state index contributed by atoms with van der Waals surface area (Å²) < 4.78 is 22.4. The monoisotopic (exact) mass is 479 g/mol. The Morgan fingerprint density at radius 1 is 1.12 bits per heavy atom. The van der Waals surface area contributed by atoms with E-state index in [9.17, 15) is 9.18 Å². The molecule has 0 N–H and O–H groups in total. The van der Waals surface area contributed by atoms with Gasteiger partial charge >= 0.3 is 0 Å². The van der Waals surface area contributed by atoms with E-state index in [4.69, 9.17) is 21.3 Å². The molecule has 9 heteroatoms. The first-order valence-electron chi connectivity index (χ1n) is 11.1. The summed E-state index contributed by atoms with van der Waals surface area (Å²) in [6.45, 7) is 4.18. The molecule has 174 valence electrons. The highest BCUT2D eigenvalue weighted by Crippen LogP contribution is 2.38. The molecule has 5 rings (SSSR count). The maximum absolute atomic E-state index is 15.0. The van der Waals surface area contributed by atoms with Crippen molar-refractivity contribution >= 4 is 22.6 Å². The van der Waals surface area contributed by atoms with Crippen LogP contribution in [0.4, 0.5) is 4.39 Å². The zero-order valence-corrected chi connectivity index (χ0v) is 19.8. The van der Waals surface area contributed by atoms with Gasteiger partial charge in [-0.15, -0.1) is 0 Å². The molecule has 4 heterocycles. The first-order chi connectivity index (χ1) is 16.3. The van der Waals surface area contributed by atoms with Crippen molar-refractivity contribution < 1.29 is 9.13 Å². The van der Waals surface area contributed by atoms with Gasteiger partial charge < -0.3 is 4.74 Å². The van der Waals surface area contributed by atoms with Crippen LogP contribution in [0, 0.1) is 19.7 Å². The van der Waals surface area contributed by atoms with Crippen molar-refractivity contribution in [1.82, 2.24) is 24.5 Å². The van der Waals surface area contributed by atoms with Gasteiger partial charge in [-0.25, -0.2) is 19.3 Å². The fourth-order valence-electron chi connectivity index (χ4n) is 4.35. The number of rotatable bonds is 3. The smallest absolute Gasteiger partial charge is 0.279 e. The highest BCUT2D eigenvalue weighted by Gasteiger charge is 2.29. The van der Waals surface area contributed by atoms with E-state index < -0.39 is 5.82 Å². The van der Waals surface area contributed by atoms with E-state index in [0.717, 1.165) is 11.3 Å². The second kappa shape index (κ2) is 8.85. The number of aromatic nitrogens is 5. The van der Waals surface area contributed by atoms with Crippen LogP contribution in [0.15, 0.2) is 41.3 Å². The molecule has 0 radical (unpaired) electrons. The zero-order valence-electron chi connectivity index (χ0n) is 19.0. The molecular formula is C25H23ClFN5O2. The molecule has 1 fully saturated rings. The zero-order chi connectivity index (χ0) is 24.0. The summed E-state index contributed by atoms with van der Waals surface area (Å²) in [5, 5.41) is 0.278. The van der Waals surface area contributed by atoms with Crippen LogP contribution in [-0.2, 0) is 11.8 Å². The SMILES string of the molecule is Cc1cc(C2CC(c3nc(-c4ccc(Cl)cc4F)c4nc(C)n(C)c(=O)c4n3)CCO2)ccn1. The Morgan fingerprint density at radius 2 is 1.94 bits per heavy atom. The Balaban J connectivity index is 1.66. The molecule has 1 aromatic carbocycles. The lowest BCUT2D eigenvalue weighted by Crippen LogP contribution is -2.25. The standard InChI is InChI=1S/C25H23ClFN5O2/c1-13-10-15(6-8-28-13)20-11-16(7-9-34-20)24-30-21(18-5-4-17(26)12-19(18)27)22-23(31-24)25(33)32(3)14(2)29-22/h4-6,8,10,12,16,20H,7,9,11H2,1-3H3. The van der Waals surface area contributed by atoms with Crippen molar-refractivity contribution in [2.24, 2.45) is 7.05 Å². The Labute approximate surface area is 200 Å². The summed E-state index contributed by atoms with van der Waals surface area (Å²) in [6.07, 6.45) is 2.95. The number of nitrogens with zero attached hydrogens (tertiary/aromatic N) is 5. The summed E-state index contributed by atoms with van der Waals surface area (Å²) in [6, 6.07) is 8.33. The van der Waals surface area contributed by atoms with Crippen molar-refractivity contribution in [3.63, 3.8) is 0 Å². The van der Waals surface area contributed by atoms with E-state index in [1.807, 2.05) is 19.1 Å². The number of fused-ring (bicyclic) bond motifs is 1. The first-order valence-corrected chi connectivity index (χ1v) is 11.4. The fraction of sp³-hybridized carbons (Fsp3) is 0.320. The Hall–Kier alpha value is -3.23. The van der Waals surface area contributed by atoms with Crippen molar-refractivity contribution in [3.05, 3.63) is 80.6 Å². The maximum atomic E-state index is 15.0. The lowest BCUT2D eigenvalue weighted by Gasteiger charge is -2.29. The van der Waals surface area contributed by atoms with Crippen LogP contribution in [0.5, 0.6) is 0 Å². The third-order valence-corrected chi connectivity index (χ3v) is 6.53. The average Bonchev–Trinajstić information content (AvgIpc) is 2.82. The van der Waals surface area contributed by atoms with E-state index in [1.54, 1.807) is 32.3 Å². The van der Waals surface area contributed by atoms with Gasteiger partial charge in [0.15, 0.2) is 5.52 Å². The highest BCUT2D eigenvalue weighted by atomic mass is 35.5. The van der Waals surface area contributed by atoms with Crippen LogP contribution in [-0.4, -0.2) is 31.1 Å². The van der Waals surface area contributed by atoms with Crippen molar-refractivity contribution in [2.45, 2.75) is 38.7 Å². The molecule has 0 aliphatic carbocycles. The van der Waals surface area contributed by atoms with Crippen LogP contribution in [0.2, 0.25) is 5.02 Å². The van der Waals surface area contributed by atoms with Gasteiger partial charge in [0.1, 0.15) is 28.7 Å². The third-order valence-electron chi connectivity index (χ3n) is 6.30. The lowest BCUT2D eigenvalue weighted by molar-refractivity contribution is 0.00394. The van der Waals surface area contributed by atoms with E-state index in [-0.39, 0.29) is 44.9 Å². The molecule has 3 aromatic heterocycles. The number of halogens is 2. The van der Waals surface area contributed by atoms with Gasteiger partial charge in [0.25, 0.3) is 5.56 Å². The molecule has 2 unspecified atom stereocenters. The quantitative estimate of drug-likeness (QED) is 0.418. The Morgan fingerprint density at radius 3 is 2.71 bits per heavy atom. The fourth-order valence-corrected chi connectivity index (χ4v) is 4.51. The number of hydrogen-bond donors (Lipinski definition) is 0. The lowest BCUT2D eigenvalue weighted by atomic mass is 9.91. The molecule has 0 bridgehead atoms. The number of pyridine rings is 1. The van der Waals surface area contributed by atoms with E-state index in [1.165, 1.54) is 10.6 Å². The Kier molecular flexibility index (Phi) is 5.87. The highest BCUT2D eigenvalue weighted by molar-refractivity contribution is 6.30. The second-order valence-corrected chi connectivity index (χ2v) is 9.02. The molecule has 1 aliphatic rings. The van der Waals surface area contributed by atoms with Crippen molar-refractivity contribution in [3.8, 4) is 11.3 Å². The summed E-state index contributed by atoms with van der Waals surface area (Å²) in [5.41, 5.74) is 2.62. The topological polar surface area (TPSA) is 82.8 Å².